The predicted octanol–water partition coefficient (Wildman–Crippen LogP) is 4.67. The minimum Gasteiger partial charge on any atom is -0.355 e. The Morgan fingerprint density at radius 1 is 1.00 bits per heavy atom. The Bertz CT molecular complexity index is 1130. The average molecular weight is 391 g/mol. The van der Waals surface area contributed by atoms with Crippen molar-refractivity contribution in [3.05, 3.63) is 65.6 Å². The molecule has 2 aromatic carbocycles. The van der Waals surface area contributed by atoms with Crippen molar-refractivity contribution in [2.24, 2.45) is 0 Å². The van der Waals surface area contributed by atoms with Crippen molar-refractivity contribution in [2.75, 3.05) is 18.0 Å². The van der Waals surface area contributed by atoms with Gasteiger partial charge in [-0.1, -0.05) is 35.6 Å². The highest BCUT2D eigenvalue weighted by Crippen LogP contribution is 2.34. The Morgan fingerprint density at radius 3 is 2.71 bits per heavy atom. The van der Waals surface area contributed by atoms with Crippen LogP contribution >= 0.6 is 11.3 Å². The summed E-state index contributed by atoms with van der Waals surface area (Å²) in [4.78, 5) is 11.6. The van der Waals surface area contributed by atoms with Crippen LogP contribution in [0.2, 0.25) is 0 Å². The van der Waals surface area contributed by atoms with Gasteiger partial charge < -0.3 is 4.90 Å². The van der Waals surface area contributed by atoms with Crippen molar-refractivity contribution in [3.63, 3.8) is 0 Å². The summed E-state index contributed by atoms with van der Waals surface area (Å²) in [5.74, 6) is 0.893. The lowest BCUT2D eigenvalue weighted by atomic mass is 9.99. The van der Waals surface area contributed by atoms with E-state index in [1.165, 1.54) is 17.4 Å². The Balaban J connectivity index is 1.39. The number of benzene rings is 2. The summed E-state index contributed by atoms with van der Waals surface area (Å²) in [5.41, 5.74) is 2.32. The van der Waals surface area contributed by atoms with Crippen molar-refractivity contribution in [2.45, 2.75) is 18.8 Å². The molecule has 0 spiro atoms. The normalized spacial score (nSPS) is 17.2. The zero-order valence-corrected chi connectivity index (χ0v) is 15.9. The summed E-state index contributed by atoms with van der Waals surface area (Å²) in [6.45, 7) is 1.77. The summed E-state index contributed by atoms with van der Waals surface area (Å²) in [6, 6.07) is 14.6. The zero-order chi connectivity index (χ0) is 18.9. The van der Waals surface area contributed by atoms with Gasteiger partial charge in [-0.05, 0) is 37.1 Å². The number of halogens is 1. The van der Waals surface area contributed by atoms with Gasteiger partial charge in [0, 0.05) is 24.6 Å². The van der Waals surface area contributed by atoms with Crippen LogP contribution in [0, 0.1) is 5.82 Å². The maximum absolute atomic E-state index is 14.1. The third kappa shape index (κ3) is 3.22. The summed E-state index contributed by atoms with van der Waals surface area (Å²) < 4.78 is 14.1. The fraction of sp³-hybridized carbons (Fsp3) is 0.238. The average Bonchev–Trinajstić information content (AvgIpc) is 3.24. The molecule has 0 saturated carbocycles. The standard InChI is InChI=1S/C21H18FN5S/c22-16-8-2-1-7-15(16)21-26-25-20(28-21)14-6-5-11-27(13-14)19-12-23-17-9-3-4-10-18(17)24-19/h1-4,7-10,12,14H,5-6,11,13H2. The minimum absolute atomic E-state index is 0.262. The zero-order valence-electron chi connectivity index (χ0n) is 15.1. The van der Waals surface area contributed by atoms with Crippen LogP contribution in [0.1, 0.15) is 23.8 Å². The predicted molar refractivity (Wildman–Crippen MR) is 109 cm³/mol. The van der Waals surface area contributed by atoms with Crippen LogP contribution in [0.25, 0.3) is 21.6 Å². The van der Waals surface area contributed by atoms with Crippen LogP contribution in [-0.2, 0) is 0 Å². The maximum Gasteiger partial charge on any atom is 0.150 e. The molecule has 28 heavy (non-hydrogen) atoms. The van der Waals surface area contributed by atoms with Crippen molar-refractivity contribution in [3.8, 4) is 10.6 Å². The minimum atomic E-state index is -0.262. The molecular formula is C21H18FN5S. The molecule has 4 aromatic rings. The molecule has 2 aromatic heterocycles. The van der Waals surface area contributed by atoms with E-state index in [2.05, 4.69) is 20.1 Å². The Labute approximate surface area is 165 Å². The van der Waals surface area contributed by atoms with Crippen LogP contribution in [0.4, 0.5) is 10.2 Å². The monoisotopic (exact) mass is 391 g/mol. The number of fused-ring (bicyclic) bond motifs is 1. The number of rotatable bonds is 3. The number of hydrogen-bond donors (Lipinski definition) is 0. The molecule has 1 saturated heterocycles. The molecule has 1 aliphatic heterocycles. The molecule has 5 rings (SSSR count). The highest BCUT2D eigenvalue weighted by Gasteiger charge is 2.26. The van der Waals surface area contributed by atoms with E-state index in [4.69, 9.17) is 4.98 Å². The molecule has 1 unspecified atom stereocenters. The molecule has 0 bridgehead atoms. The highest BCUT2D eigenvalue weighted by atomic mass is 32.1. The third-order valence-electron chi connectivity index (χ3n) is 5.08. The largest absolute Gasteiger partial charge is 0.355 e. The first kappa shape index (κ1) is 17.2. The van der Waals surface area contributed by atoms with Gasteiger partial charge in [0.05, 0.1) is 17.2 Å². The molecule has 0 N–H and O–H groups in total. The van der Waals surface area contributed by atoms with Crippen molar-refractivity contribution < 1.29 is 4.39 Å². The first-order chi connectivity index (χ1) is 13.8. The summed E-state index contributed by atoms with van der Waals surface area (Å²) in [6.07, 6.45) is 3.94. The number of anilines is 1. The molecule has 3 heterocycles. The van der Waals surface area contributed by atoms with Crippen LogP contribution in [-0.4, -0.2) is 33.3 Å². The smallest absolute Gasteiger partial charge is 0.150 e. The van der Waals surface area contributed by atoms with Gasteiger partial charge in [0.2, 0.25) is 0 Å². The van der Waals surface area contributed by atoms with Gasteiger partial charge in [-0.3, -0.25) is 4.98 Å². The lowest BCUT2D eigenvalue weighted by Gasteiger charge is -2.32. The van der Waals surface area contributed by atoms with E-state index >= 15 is 0 Å². The van der Waals surface area contributed by atoms with Crippen LogP contribution in [0.3, 0.4) is 0 Å². The first-order valence-electron chi connectivity index (χ1n) is 9.33. The number of nitrogens with zero attached hydrogens (tertiary/aromatic N) is 5. The molecule has 0 radical (unpaired) electrons. The van der Waals surface area contributed by atoms with E-state index in [1.807, 2.05) is 36.5 Å². The highest BCUT2D eigenvalue weighted by molar-refractivity contribution is 7.14. The molecule has 0 aliphatic carbocycles. The van der Waals surface area contributed by atoms with E-state index < -0.39 is 0 Å². The topological polar surface area (TPSA) is 54.8 Å². The molecule has 140 valence electrons. The molecule has 1 fully saturated rings. The van der Waals surface area contributed by atoms with Crippen LogP contribution < -0.4 is 4.90 Å². The van der Waals surface area contributed by atoms with Gasteiger partial charge in [-0.15, -0.1) is 10.2 Å². The SMILES string of the molecule is Fc1ccccc1-c1nnc(C2CCCN(c3cnc4ccccc4n3)C2)s1. The number of hydrogen-bond acceptors (Lipinski definition) is 6. The van der Waals surface area contributed by atoms with Crippen molar-refractivity contribution >= 4 is 28.2 Å². The van der Waals surface area contributed by atoms with Gasteiger partial charge in [0.25, 0.3) is 0 Å². The van der Waals surface area contributed by atoms with Crippen LogP contribution in [0.5, 0.6) is 0 Å². The van der Waals surface area contributed by atoms with Gasteiger partial charge in [-0.25, -0.2) is 9.37 Å². The second kappa shape index (κ2) is 7.24. The molecule has 1 atom stereocenters. The fourth-order valence-corrected chi connectivity index (χ4v) is 4.63. The lowest BCUT2D eigenvalue weighted by Crippen LogP contribution is -2.35. The number of piperidine rings is 1. The van der Waals surface area contributed by atoms with Gasteiger partial charge >= 0.3 is 0 Å². The molecule has 5 nitrogen and oxygen atoms in total. The van der Waals surface area contributed by atoms with E-state index in [9.17, 15) is 4.39 Å². The number of para-hydroxylation sites is 2. The van der Waals surface area contributed by atoms with Gasteiger partial charge in [0.1, 0.15) is 16.6 Å². The van der Waals surface area contributed by atoms with Crippen LogP contribution in [0.15, 0.2) is 54.7 Å². The first-order valence-corrected chi connectivity index (χ1v) is 10.1. The molecule has 7 heteroatoms. The van der Waals surface area contributed by atoms with Gasteiger partial charge in [0.15, 0.2) is 5.01 Å². The number of aromatic nitrogens is 4. The third-order valence-corrected chi connectivity index (χ3v) is 6.19. The lowest BCUT2D eigenvalue weighted by molar-refractivity contribution is 0.503. The summed E-state index contributed by atoms with van der Waals surface area (Å²) in [5, 5.41) is 10.2. The molecule has 1 aliphatic rings. The fourth-order valence-electron chi connectivity index (χ4n) is 3.63. The Kier molecular flexibility index (Phi) is 4.44. The summed E-state index contributed by atoms with van der Waals surface area (Å²) >= 11 is 1.48. The second-order valence-corrected chi connectivity index (χ2v) is 7.94. The van der Waals surface area contributed by atoms with E-state index in [0.29, 0.717) is 10.6 Å². The van der Waals surface area contributed by atoms with Crippen molar-refractivity contribution in [1.82, 2.24) is 20.2 Å². The quantitative estimate of drug-likeness (QED) is 0.508. The maximum atomic E-state index is 14.1. The van der Waals surface area contributed by atoms with Gasteiger partial charge in [-0.2, -0.15) is 0 Å². The van der Waals surface area contributed by atoms with Crippen molar-refractivity contribution in [1.29, 1.82) is 0 Å². The van der Waals surface area contributed by atoms with E-state index in [-0.39, 0.29) is 11.7 Å². The molecular weight excluding hydrogens is 373 g/mol. The van der Waals surface area contributed by atoms with E-state index in [0.717, 1.165) is 47.8 Å². The summed E-state index contributed by atoms with van der Waals surface area (Å²) in [7, 11) is 0. The second-order valence-electron chi connectivity index (χ2n) is 6.93. The molecule has 0 amide bonds. The Morgan fingerprint density at radius 2 is 1.82 bits per heavy atom. The Hall–Kier alpha value is -2.93. The van der Waals surface area contributed by atoms with E-state index in [1.54, 1.807) is 12.1 Å².